The Hall–Kier alpha value is -1.63. The summed E-state index contributed by atoms with van der Waals surface area (Å²) in [5.41, 5.74) is 5.72. The van der Waals surface area contributed by atoms with Crippen LogP contribution in [0, 0.1) is 5.82 Å². The van der Waals surface area contributed by atoms with Gasteiger partial charge in [-0.2, -0.15) is 8.75 Å². The summed E-state index contributed by atoms with van der Waals surface area (Å²) in [6, 6.07) is 6.14. The van der Waals surface area contributed by atoms with Crippen LogP contribution in [0.5, 0.6) is 0 Å². The van der Waals surface area contributed by atoms with Gasteiger partial charge in [0.25, 0.3) is 0 Å². The first-order chi connectivity index (χ1) is 19.7. The summed E-state index contributed by atoms with van der Waals surface area (Å²) < 4.78 is 25.3. The summed E-state index contributed by atoms with van der Waals surface area (Å²) in [4.78, 5) is 2.20. The highest BCUT2D eigenvalue weighted by atomic mass is 32.1. The van der Waals surface area contributed by atoms with E-state index >= 15 is 4.39 Å². The fourth-order valence-corrected chi connectivity index (χ4v) is 8.26. The van der Waals surface area contributed by atoms with E-state index in [4.69, 9.17) is 4.37 Å². The molecule has 0 radical (unpaired) electrons. The van der Waals surface area contributed by atoms with Crippen molar-refractivity contribution in [2.45, 2.75) is 129 Å². The van der Waals surface area contributed by atoms with Crippen LogP contribution in [0.25, 0.3) is 31.9 Å². The molecule has 0 atom stereocenters. The van der Waals surface area contributed by atoms with Crippen LogP contribution in [-0.2, 0) is 12.8 Å². The van der Waals surface area contributed by atoms with Crippen molar-refractivity contribution >= 4 is 45.4 Å². The van der Waals surface area contributed by atoms with Crippen LogP contribution in [0.1, 0.15) is 128 Å². The highest BCUT2D eigenvalue weighted by molar-refractivity contribution is 7.14. The van der Waals surface area contributed by atoms with Crippen LogP contribution >= 0.6 is 34.4 Å². The lowest BCUT2D eigenvalue weighted by atomic mass is 9.98. The van der Waals surface area contributed by atoms with E-state index in [2.05, 4.69) is 41.1 Å². The third-order valence-corrected chi connectivity index (χ3v) is 10.5. The van der Waals surface area contributed by atoms with Crippen molar-refractivity contribution in [1.29, 1.82) is 0 Å². The first-order valence-corrected chi connectivity index (χ1v) is 18.3. The molecule has 2 nitrogen and oxygen atoms in total. The maximum atomic E-state index is 15.9. The second kappa shape index (κ2) is 17.4. The van der Waals surface area contributed by atoms with Gasteiger partial charge in [0.2, 0.25) is 0 Å². The number of benzene rings is 1. The summed E-state index contributed by atoms with van der Waals surface area (Å²) in [6.07, 6.45) is 23.0. The van der Waals surface area contributed by atoms with E-state index in [1.807, 2.05) is 0 Å². The van der Waals surface area contributed by atoms with Gasteiger partial charge in [0, 0.05) is 15.3 Å². The van der Waals surface area contributed by atoms with Crippen LogP contribution in [0.15, 0.2) is 29.0 Å². The first-order valence-electron chi connectivity index (χ1n) is 15.8. The van der Waals surface area contributed by atoms with Gasteiger partial charge in [-0.15, -0.1) is 22.7 Å². The van der Waals surface area contributed by atoms with Crippen LogP contribution in [0.3, 0.4) is 0 Å². The van der Waals surface area contributed by atoms with Crippen LogP contribution in [0.2, 0.25) is 0 Å². The minimum absolute atomic E-state index is 0.166. The molecular formula is C34H47FN2S3. The molecule has 0 saturated carbocycles. The highest BCUT2D eigenvalue weighted by Gasteiger charge is 2.23. The molecule has 0 amide bonds. The van der Waals surface area contributed by atoms with Crippen LogP contribution in [0.4, 0.5) is 4.39 Å². The molecule has 0 N–H and O–H groups in total. The normalized spacial score (nSPS) is 11.7. The topological polar surface area (TPSA) is 25.8 Å². The predicted molar refractivity (Wildman–Crippen MR) is 177 cm³/mol. The van der Waals surface area contributed by atoms with E-state index in [1.54, 1.807) is 28.7 Å². The predicted octanol–water partition coefficient (Wildman–Crippen LogP) is 12.7. The zero-order valence-electron chi connectivity index (χ0n) is 24.6. The maximum Gasteiger partial charge on any atom is 0.134 e. The van der Waals surface area contributed by atoms with Crippen molar-refractivity contribution in [1.82, 2.24) is 8.75 Å². The quantitative estimate of drug-likeness (QED) is 0.0946. The number of thiophene rings is 2. The molecule has 0 aliphatic heterocycles. The average Bonchev–Trinajstić information content (AvgIpc) is 3.73. The third kappa shape index (κ3) is 8.69. The SMILES string of the molecule is CCCCCCCCCCc1ccsc1-c1cc(F)c(-c2sccc2CCCCCCCCCC)c2nsnc12. The number of halogens is 1. The second-order valence-corrected chi connectivity index (χ2v) is 13.6. The molecule has 0 bridgehead atoms. The van der Waals surface area contributed by atoms with Gasteiger partial charge in [-0.05, 0) is 65.8 Å². The van der Waals surface area contributed by atoms with Crippen molar-refractivity contribution in [3.05, 3.63) is 45.9 Å². The molecule has 40 heavy (non-hydrogen) atoms. The van der Waals surface area contributed by atoms with Crippen molar-refractivity contribution < 1.29 is 4.39 Å². The van der Waals surface area contributed by atoms with E-state index in [0.29, 0.717) is 5.56 Å². The number of unbranched alkanes of at least 4 members (excludes halogenated alkanes) is 14. The maximum absolute atomic E-state index is 15.9. The van der Waals surface area contributed by atoms with Crippen LogP contribution in [-0.4, -0.2) is 8.75 Å². The van der Waals surface area contributed by atoms with Gasteiger partial charge in [0.1, 0.15) is 16.9 Å². The van der Waals surface area contributed by atoms with E-state index < -0.39 is 0 Å². The number of hydrogen-bond acceptors (Lipinski definition) is 5. The average molecular weight is 599 g/mol. The molecule has 0 aliphatic carbocycles. The van der Waals surface area contributed by atoms with Crippen molar-refractivity contribution in [3.8, 4) is 20.9 Å². The van der Waals surface area contributed by atoms with Crippen molar-refractivity contribution in [2.75, 3.05) is 0 Å². The van der Waals surface area contributed by atoms with E-state index in [-0.39, 0.29) is 5.82 Å². The molecule has 218 valence electrons. The highest BCUT2D eigenvalue weighted by Crippen LogP contribution is 2.43. The Morgan fingerprint density at radius 1 is 0.600 bits per heavy atom. The molecule has 0 unspecified atom stereocenters. The fourth-order valence-electron chi connectivity index (χ4n) is 5.72. The summed E-state index contributed by atoms with van der Waals surface area (Å²) in [5.74, 6) is -0.166. The van der Waals surface area contributed by atoms with Gasteiger partial charge in [-0.3, -0.25) is 0 Å². The van der Waals surface area contributed by atoms with Gasteiger partial charge in [-0.25, -0.2) is 4.39 Å². The monoisotopic (exact) mass is 598 g/mol. The fraction of sp³-hybridized carbons (Fsp3) is 0.588. The van der Waals surface area contributed by atoms with Gasteiger partial charge in [0.05, 0.1) is 17.3 Å². The first kappa shape index (κ1) is 31.3. The van der Waals surface area contributed by atoms with E-state index in [1.165, 1.54) is 119 Å². The molecule has 4 aromatic rings. The van der Waals surface area contributed by atoms with Gasteiger partial charge in [-0.1, -0.05) is 104 Å². The minimum Gasteiger partial charge on any atom is -0.206 e. The molecule has 0 saturated heterocycles. The molecule has 0 spiro atoms. The minimum atomic E-state index is -0.166. The van der Waals surface area contributed by atoms with Gasteiger partial charge >= 0.3 is 0 Å². The smallest absolute Gasteiger partial charge is 0.134 e. The molecule has 0 fully saturated rings. The summed E-state index contributed by atoms with van der Waals surface area (Å²) in [6.45, 7) is 4.54. The van der Waals surface area contributed by atoms with Crippen LogP contribution < -0.4 is 0 Å². The number of aryl methyl sites for hydroxylation is 2. The number of fused-ring (bicyclic) bond motifs is 1. The molecule has 1 aromatic carbocycles. The standard InChI is InChI=1S/C34H47FN2S3/c1-3-5-7-9-11-13-15-17-19-26-21-23-38-33(26)28-25-29(35)30(32-31(28)36-40-37-32)34-27(22-24-39-34)20-18-16-14-12-10-8-6-4-2/h21-25H,3-20H2,1-2H3. The van der Waals surface area contributed by atoms with E-state index in [0.717, 1.165) is 45.6 Å². The number of nitrogens with zero attached hydrogens (tertiary/aromatic N) is 2. The number of aromatic nitrogens is 2. The Kier molecular flexibility index (Phi) is 13.6. The Labute approximate surface area is 253 Å². The lowest BCUT2D eigenvalue weighted by Gasteiger charge is -2.10. The van der Waals surface area contributed by atoms with Crippen molar-refractivity contribution in [3.63, 3.8) is 0 Å². The third-order valence-electron chi connectivity index (χ3n) is 8.05. The Morgan fingerprint density at radius 2 is 1.07 bits per heavy atom. The Bertz CT molecular complexity index is 1270. The Balaban J connectivity index is 1.41. The lowest BCUT2D eigenvalue weighted by molar-refractivity contribution is 0.575. The summed E-state index contributed by atoms with van der Waals surface area (Å²) >= 11 is 4.55. The lowest BCUT2D eigenvalue weighted by Crippen LogP contribution is -1.94. The molecule has 4 rings (SSSR count). The molecular weight excluding hydrogens is 552 g/mol. The zero-order chi connectivity index (χ0) is 28.0. The summed E-state index contributed by atoms with van der Waals surface area (Å²) in [5, 5.41) is 4.25. The Morgan fingerprint density at radius 3 is 1.65 bits per heavy atom. The molecule has 0 aliphatic rings. The number of rotatable bonds is 20. The van der Waals surface area contributed by atoms with Gasteiger partial charge in [0.15, 0.2) is 0 Å². The summed E-state index contributed by atoms with van der Waals surface area (Å²) in [7, 11) is 0. The molecule has 6 heteroatoms. The molecule has 3 heterocycles. The molecule has 3 aromatic heterocycles. The van der Waals surface area contributed by atoms with Gasteiger partial charge < -0.3 is 0 Å². The second-order valence-electron chi connectivity index (χ2n) is 11.2. The van der Waals surface area contributed by atoms with Crippen molar-refractivity contribution in [2.24, 2.45) is 0 Å². The zero-order valence-corrected chi connectivity index (χ0v) is 27.1. The largest absolute Gasteiger partial charge is 0.206 e. The number of hydrogen-bond donors (Lipinski definition) is 0. The van der Waals surface area contributed by atoms with E-state index in [9.17, 15) is 0 Å².